The highest BCUT2D eigenvalue weighted by atomic mass is 127. The Morgan fingerprint density at radius 2 is 2.05 bits per heavy atom. The fourth-order valence-corrected chi connectivity index (χ4v) is 2.46. The number of nitrogens with two attached hydrogens (primary N) is 1. The predicted octanol–water partition coefficient (Wildman–Crippen LogP) is 3.76. The van der Waals surface area contributed by atoms with E-state index in [-0.39, 0.29) is 12.4 Å². The van der Waals surface area contributed by atoms with E-state index in [0.717, 1.165) is 3.57 Å². The predicted molar refractivity (Wildman–Crippen MR) is 83.4 cm³/mol. The molecule has 2 rings (SSSR count). The SMILES string of the molecule is NC(=O)c1ccc(OCc2ccc(F)cc2Cl)c(I)c1. The van der Waals surface area contributed by atoms with Crippen LogP contribution in [-0.2, 0) is 6.61 Å². The van der Waals surface area contributed by atoms with Gasteiger partial charge in [0, 0.05) is 11.1 Å². The third kappa shape index (κ3) is 3.61. The van der Waals surface area contributed by atoms with Gasteiger partial charge in [-0.15, -0.1) is 0 Å². The minimum absolute atomic E-state index is 0.213. The lowest BCUT2D eigenvalue weighted by Gasteiger charge is -2.10. The smallest absolute Gasteiger partial charge is 0.248 e. The molecule has 0 heterocycles. The van der Waals surface area contributed by atoms with Gasteiger partial charge in [0.15, 0.2) is 0 Å². The van der Waals surface area contributed by atoms with Crippen molar-refractivity contribution >= 4 is 40.1 Å². The molecule has 0 bridgehead atoms. The van der Waals surface area contributed by atoms with Crippen LogP contribution in [0.1, 0.15) is 15.9 Å². The first-order chi connectivity index (χ1) is 9.47. The molecule has 20 heavy (non-hydrogen) atoms. The number of hydrogen-bond acceptors (Lipinski definition) is 2. The van der Waals surface area contributed by atoms with Crippen molar-refractivity contribution in [2.24, 2.45) is 5.73 Å². The van der Waals surface area contributed by atoms with Crippen LogP contribution in [0.15, 0.2) is 36.4 Å². The number of carbonyl (C=O) groups is 1. The Labute approximate surface area is 134 Å². The lowest BCUT2D eigenvalue weighted by Crippen LogP contribution is -2.11. The highest BCUT2D eigenvalue weighted by Crippen LogP contribution is 2.25. The number of hydrogen-bond donors (Lipinski definition) is 1. The standard InChI is InChI=1S/C14H10ClFINO2/c15-11-6-10(16)3-1-9(11)7-20-13-4-2-8(14(18)19)5-12(13)17/h1-6H,7H2,(H2,18,19). The fourth-order valence-electron chi connectivity index (χ4n) is 1.57. The fraction of sp³-hybridized carbons (Fsp3) is 0.0714. The molecule has 0 aliphatic rings. The van der Waals surface area contributed by atoms with Crippen LogP contribution < -0.4 is 10.5 Å². The second-order valence-electron chi connectivity index (χ2n) is 4.03. The van der Waals surface area contributed by atoms with Crippen molar-refractivity contribution < 1.29 is 13.9 Å². The number of amides is 1. The van der Waals surface area contributed by atoms with E-state index in [0.29, 0.717) is 21.9 Å². The first-order valence-electron chi connectivity index (χ1n) is 5.63. The molecule has 0 aliphatic heterocycles. The molecule has 2 aromatic rings. The average molecular weight is 406 g/mol. The molecule has 0 saturated heterocycles. The van der Waals surface area contributed by atoms with Crippen LogP contribution in [0, 0.1) is 9.39 Å². The van der Waals surface area contributed by atoms with Crippen molar-refractivity contribution in [3.63, 3.8) is 0 Å². The second-order valence-corrected chi connectivity index (χ2v) is 5.60. The zero-order valence-corrected chi connectivity index (χ0v) is 13.1. The van der Waals surface area contributed by atoms with E-state index in [1.165, 1.54) is 12.1 Å². The van der Waals surface area contributed by atoms with Gasteiger partial charge in [0.2, 0.25) is 5.91 Å². The van der Waals surface area contributed by atoms with Crippen molar-refractivity contribution in [1.82, 2.24) is 0 Å². The Balaban J connectivity index is 2.13. The summed E-state index contributed by atoms with van der Waals surface area (Å²) >= 11 is 7.97. The second kappa shape index (κ2) is 6.41. The largest absolute Gasteiger partial charge is 0.488 e. The van der Waals surface area contributed by atoms with Crippen LogP contribution in [0.3, 0.4) is 0 Å². The molecular weight excluding hydrogens is 396 g/mol. The molecule has 104 valence electrons. The molecule has 0 aromatic heterocycles. The minimum Gasteiger partial charge on any atom is -0.488 e. The normalized spacial score (nSPS) is 10.3. The van der Waals surface area contributed by atoms with Gasteiger partial charge in [0.05, 0.1) is 8.59 Å². The Morgan fingerprint density at radius 3 is 2.65 bits per heavy atom. The highest BCUT2D eigenvalue weighted by molar-refractivity contribution is 14.1. The van der Waals surface area contributed by atoms with Gasteiger partial charge in [-0.2, -0.15) is 0 Å². The van der Waals surface area contributed by atoms with Crippen molar-refractivity contribution in [2.45, 2.75) is 6.61 Å². The highest BCUT2D eigenvalue weighted by Gasteiger charge is 2.08. The molecule has 0 spiro atoms. The summed E-state index contributed by atoms with van der Waals surface area (Å²) in [5.41, 5.74) is 6.30. The first-order valence-corrected chi connectivity index (χ1v) is 7.09. The number of rotatable bonds is 4. The number of primary amides is 1. The maximum atomic E-state index is 12.9. The quantitative estimate of drug-likeness (QED) is 0.788. The van der Waals surface area contributed by atoms with Crippen molar-refractivity contribution in [3.05, 3.63) is 61.9 Å². The molecule has 2 N–H and O–H groups in total. The van der Waals surface area contributed by atoms with Crippen LogP contribution in [0.2, 0.25) is 5.02 Å². The van der Waals surface area contributed by atoms with Gasteiger partial charge in [-0.3, -0.25) is 4.79 Å². The van der Waals surface area contributed by atoms with Gasteiger partial charge in [-0.05, 0) is 52.9 Å². The lowest BCUT2D eigenvalue weighted by molar-refractivity contribution is 0.1000. The molecule has 0 aliphatic carbocycles. The third-order valence-corrected chi connectivity index (χ3v) is 3.81. The molecule has 3 nitrogen and oxygen atoms in total. The van der Waals surface area contributed by atoms with E-state index in [1.54, 1.807) is 24.3 Å². The summed E-state index contributed by atoms with van der Waals surface area (Å²) in [6.45, 7) is 0.213. The Bertz CT molecular complexity index is 664. The molecule has 1 amide bonds. The molecule has 0 fully saturated rings. The Hall–Kier alpha value is -1.34. The summed E-state index contributed by atoms with van der Waals surface area (Å²) in [7, 11) is 0. The molecule has 0 atom stereocenters. The van der Waals surface area contributed by atoms with E-state index in [9.17, 15) is 9.18 Å². The summed E-state index contributed by atoms with van der Waals surface area (Å²) in [4.78, 5) is 11.0. The number of halogens is 3. The van der Waals surface area contributed by atoms with Gasteiger partial charge in [-0.1, -0.05) is 17.7 Å². The summed E-state index contributed by atoms with van der Waals surface area (Å²) in [6, 6.07) is 9.03. The first kappa shape index (κ1) is 15.1. The lowest BCUT2D eigenvalue weighted by atomic mass is 10.2. The average Bonchev–Trinajstić information content (AvgIpc) is 2.38. The molecule has 0 saturated carbocycles. The number of benzene rings is 2. The van der Waals surface area contributed by atoms with Crippen LogP contribution in [0.4, 0.5) is 4.39 Å². The van der Waals surface area contributed by atoms with Crippen molar-refractivity contribution in [2.75, 3.05) is 0 Å². The van der Waals surface area contributed by atoms with Gasteiger partial charge in [0.1, 0.15) is 18.2 Å². The van der Waals surface area contributed by atoms with Crippen molar-refractivity contribution in [1.29, 1.82) is 0 Å². The van der Waals surface area contributed by atoms with Gasteiger partial charge in [-0.25, -0.2) is 4.39 Å². The molecular formula is C14H10ClFINO2. The minimum atomic E-state index is -0.490. The van der Waals surface area contributed by atoms with Crippen LogP contribution >= 0.6 is 34.2 Å². The van der Waals surface area contributed by atoms with Crippen molar-refractivity contribution in [3.8, 4) is 5.75 Å². The zero-order valence-electron chi connectivity index (χ0n) is 10.2. The maximum Gasteiger partial charge on any atom is 0.248 e. The van der Waals surface area contributed by atoms with Crippen LogP contribution in [0.25, 0.3) is 0 Å². The number of ether oxygens (including phenoxy) is 1. The van der Waals surface area contributed by atoms with E-state index in [4.69, 9.17) is 22.1 Å². The van der Waals surface area contributed by atoms with E-state index < -0.39 is 5.91 Å². The molecule has 6 heteroatoms. The maximum absolute atomic E-state index is 12.9. The van der Waals surface area contributed by atoms with Gasteiger partial charge < -0.3 is 10.5 Å². The van der Waals surface area contributed by atoms with E-state index >= 15 is 0 Å². The summed E-state index contributed by atoms with van der Waals surface area (Å²) < 4.78 is 19.3. The zero-order chi connectivity index (χ0) is 14.7. The van der Waals surface area contributed by atoms with Crippen LogP contribution in [0.5, 0.6) is 5.75 Å². The van der Waals surface area contributed by atoms with Crippen LogP contribution in [-0.4, -0.2) is 5.91 Å². The third-order valence-electron chi connectivity index (χ3n) is 2.61. The summed E-state index contributed by atoms with van der Waals surface area (Å²) in [5, 5.41) is 0.314. The molecule has 2 aromatic carbocycles. The summed E-state index contributed by atoms with van der Waals surface area (Å²) in [6.07, 6.45) is 0. The topological polar surface area (TPSA) is 52.3 Å². The summed E-state index contributed by atoms with van der Waals surface area (Å²) in [5.74, 6) is -0.272. The number of carbonyl (C=O) groups excluding carboxylic acids is 1. The molecule has 0 radical (unpaired) electrons. The van der Waals surface area contributed by atoms with E-state index in [1.807, 2.05) is 0 Å². The van der Waals surface area contributed by atoms with E-state index in [2.05, 4.69) is 22.6 Å². The van der Waals surface area contributed by atoms with Gasteiger partial charge in [0.25, 0.3) is 0 Å². The monoisotopic (exact) mass is 405 g/mol. The Morgan fingerprint density at radius 1 is 1.30 bits per heavy atom. The Kier molecular flexibility index (Phi) is 4.82. The molecule has 0 unspecified atom stereocenters. The van der Waals surface area contributed by atoms with Gasteiger partial charge >= 0.3 is 0 Å².